The molecule has 1 atom stereocenters. The van der Waals surface area contributed by atoms with Gasteiger partial charge in [-0.15, -0.1) is 5.10 Å². The molecule has 1 unspecified atom stereocenters. The lowest BCUT2D eigenvalue weighted by Crippen LogP contribution is -2.20. The third kappa shape index (κ3) is 3.17. The smallest absolute Gasteiger partial charge is 0.339 e. The largest absolute Gasteiger partial charge is 0.478 e. The van der Waals surface area contributed by atoms with E-state index in [2.05, 4.69) is 15.5 Å². The van der Waals surface area contributed by atoms with Gasteiger partial charge in [0.2, 0.25) is 0 Å². The van der Waals surface area contributed by atoms with E-state index in [1.54, 1.807) is 0 Å². The van der Waals surface area contributed by atoms with Gasteiger partial charge in [0.25, 0.3) is 0 Å². The van der Waals surface area contributed by atoms with Gasteiger partial charge in [-0.1, -0.05) is 0 Å². The topological polar surface area (TPSA) is 95.3 Å². The Bertz CT molecular complexity index is 343. The Morgan fingerprint density at radius 2 is 2.40 bits per heavy atom. The fourth-order valence-electron chi connectivity index (χ4n) is 1.11. The van der Waals surface area contributed by atoms with Crippen LogP contribution in [0, 0.1) is 0 Å². The minimum absolute atomic E-state index is 0.0385. The van der Waals surface area contributed by atoms with Crippen LogP contribution >= 0.6 is 0 Å². The van der Waals surface area contributed by atoms with Gasteiger partial charge < -0.3 is 15.5 Å². The first kappa shape index (κ1) is 11.4. The van der Waals surface area contributed by atoms with E-state index in [1.807, 2.05) is 6.92 Å². The van der Waals surface area contributed by atoms with Crippen LogP contribution in [0.2, 0.25) is 0 Å². The van der Waals surface area contributed by atoms with Crippen LogP contribution < -0.4 is 5.32 Å². The number of aromatic nitrogens is 2. The molecule has 0 amide bonds. The lowest BCUT2D eigenvalue weighted by molar-refractivity contribution is 0.0697. The monoisotopic (exact) mass is 211 g/mol. The van der Waals surface area contributed by atoms with E-state index in [1.165, 1.54) is 12.3 Å². The summed E-state index contributed by atoms with van der Waals surface area (Å²) < 4.78 is 0. The molecule has 1 aromatic rings. The second-order valence-corrected chi connectivity index (χ2v) is 3.16. The summed E-state index contributed by atoms with van der Waals surface area (Å²) in [5.74, 6) is -0.824. The van der Waals surface area contributed by atoms with E-state index >= 15 is 0 Å². The van der Waals surface area contributed by atoms with Crippen molar-refractivity contribution < 1.29 is 15.0 Å². The summed E-state index contributed by atoms with van der Waals surface area (Å²) in [6, 6.07) is 1.33. The maximum Gasteiger partial charge on any atom is 0.339 e. The Kier molecular flexibility index (Phi) is 3.99. The number of carboxylic acids is 1. The second-order valence-electron chi connectivity index (χ2n) is 3.16. The molecule has 0 saturated carbocycles. The van der Waals surface area contributed by atoms with Gasteiger partial charge in [0.15, 0.2) is 5.82 Å². The molecule has 0 fully saturated rings. The van der Waals surface area contributed by atoms with E-state index in [0.29, 0.717) is 6.42 Å². The summed E-state index contributed by atoms with van der Waals surface area (Å²) in [4.78, 5) is 10.8. The summed E-state index contributed by atoms with van der Waals surface area (Å²) in [7, 11) is 0. The van der Waals surface area contributed by atoms with Crippen molar-refractivity contribution in [3.8, 4) is 0 Å². The molecular formula is C9H13N3O3. The van der Waals surface area contributed by atoms with Crippen LogP contribution in [0.25, 0.3) is 0 Å². The molecule has 0 spiro atoms. The predicted molar refractivity (Wildman–Crippen MR) is 53.8 cm³/mol. The molecule has 0 aliphatic carbocycles. The van der Waals surface area contributed by atoms with E-state index < -0.39 is 5.97 Å². The molecule has 3 N–H and O–H groups in total. The number of aliphatic hydroxyl groups is 1. The molecule has 0 saturated heterocycles. The fourth-order valence-corrected chi connectivity index (χ4v) is 1.11. The van der Waals surface area contributed by atoms with E-state index in [4.69, 9.17) is 10.2 Å². The van der Waals surface area contributed by atoms with Crippen LogP contribution in [0.3, 0.4) is 0 Å². The van der Waals surface area contributed by atoms with Gasteiger partial charge in [-0.25, -0.2) is 4.79 Å². The first-order chi connectivity index (χ1) is 7.15. The van der Waals surface area contributed by atoms with Crippen LogP contribution in [0.15, 0.2) is 12.3 Å². The maximum absolute atomic E-state index is 10.8. The number of hydrogen-bond donors (Lipinski definition) is 3. The van der Waals surface area contributed by atoms with Crippen LogP contribution in [0.1, 0.15) is 23.7 Å². The third-order valence-corrected chi connectivity index (χ3v) is 1.90. The van der Waals surface area contributed by atoms with Gasteiger partial charge in [0.05, 0.1) is 6.20 Å². The molecule has 6 nitrogen and oxygen atoms in total. The first-order valence-corrected chi connectivity index (χ1v) is 4.57. The highest BCUT2D eigenvalue weighted by atomic mass is 16.4. The van der Waals surface area contributed by atoms with Crippen LogP contribution in [0.4, 0.5) is 5.82 Å². The average molecular weight is 211 g/mol. The number of carbonyl (C=O) groups is 1. The zero-order valence-electron chi connectivity index (χ0n) is 8.34. The summed E-state index contributed by atoms with van der Waals surface area (Å²) >= 11 is 0. The van der Waals surface area contributed by atoms with Crippen LogP contribution in [-0.2, 0) is 0 Å². The van der Waals surface area contributed by atoms with Gasteiger partial charge in [-0.05, 0) is 19.4 Å². The van der Waals surface area contributed by atoms with Crippen molar-refractivity contribution in [1.82, 2.24) is 10.2 Å². The molecule has 0 radical (unpaired) electrons. The van der Waals surface area contributed by atoms with Gasteiger partial charge in [0.1, 0.15) is 5.56 Å². The van der Waals surface area contributed by atoms with Crippen molar-refractivity contribution >= 4 is 11.8 Å². The van der Waals surface area contributed by atoms with Gasteiger partial charge in [-0.2, -0.15) is 5.10 Å². The lowest BCUT2D eigenvalue weighted by Gasteiger charge is -2.13. The Hall–Kier alpha value is -1.69. The Labute approximate surface area is 87.0 Å². The molecule has 6 heteroatoms. The van der Waals surface area contributed by atoms with Crippen molar-refractivity contribution in [2.75, 3.05) is 11.9 Å². The minimum Gasteiger partial charge on any atom is -0.478 e. The molecule has 0 aromatic carbocycles. The number of hydrogen-bond acceptors (Lipinski definition) is 5. The summed E-state index contributed by atoms with van der Waals surface area (Å²) in [5.41, 5.74) is 0.0785. The maximum atomic E-state index is 10.8. The van der Waals surface area contributed by atoms with E-state index in [-0.39, 0.29) is 24.0 Å². The molecule has 15 heavy (non-hydrogen) atoms. The number of rotatable bonds is 5. The zero-order valence-corrected chi connectivity index (χ0v) is 8.34. The van der Waals surface area contributed by atoms with Crippen molar-refractivity contribution in [1.29, 1.82) is 0 Å². The number of aliphatic hydroxyl groups excluding tert-OH is 1. The predicted octanol–water partition coefficient (Wildman–Crippen LogP) is 0.358. The standard InChI is InChI=1S/C9H13N3O3/c1-6(3-5-13)11-8-7(9(14)15)2-4-10-12-8/h2,4,6,13H,3,5H2,1H3,(H,11,12)(H,14,15). The molecule has 82 valence electrons. The SMILES string of the molecule is CC(CCO)Nc1nnccc1C(=O)O. The van der Waals surface area contributed by atoms with Crippen LogP contribution in [0.5, 0.6) is 0 Å². The highest BCUT2D eigenvalue weighted by Gasteiger charge is 2.12. The van der Waals surface area contributed by atoms with E-state index in [0.717, 1.165) is 0 Å². The first-order valence-electron chi connectivity index (χ1n) is 4.57. The molecule has 1 rings (SSSR count). The molecule has 0 bridgehead atoms. The number of carboxylic acid groups (broad SMARTS) is 1. The normalized spacial score (nSPS) is 12.1. The number of nitrogens with zero attached hydrogens (tertiary/aromatic N) is 2. The summed E-state index contributed by atoms with van der Waals surface area (Å²) in [5, 5.41) is 27.7. The average Bonchev–Trinajstić information content (AvgIpc) is 2.18. The van der Waals surface area contributed by atoms with Crippen molar-refractivity contribution in [2.45, 2.75) is 19.4 Å². The molecular weight excluding hydrogens is 198 g/mol. The van der Waals surface area contributed by atoms with Crippen LogP contribution in [-0.4, -0.2) is 39.0 Å². The minimum atomic E-state index is -1.05. The quantitative estimate of drug-likeness (QED) is 0.650. The highest BCUT2D eigenvalue weighted by molar-refractivity contribution is 5.92. The highest BCUT2D eigenvalue weighted by Crippen LogP contribution is 2.11. The van der Waals surface area contributed by atoms with Gasteiger partial charge in [-0.3, -0.25) is 0 Å². The Balaban J connectivity index is 2.79. The van der Waals surface area contributed by atoms with Gasteiger partial charge >= 0.3 is 5.97 Å². The zero-order chi connectivity index (χ0) is 11.3. The molecule has 0 aliphatic rings. The van der Waals surface area contributed by atoms with Gasteiger partial charge in [0, 0.05) is 12.6 Å². The molecule has 1 aromatic heterocycles. The number of aromatic carboxylic acids is 1. The van der Waals surface area contributed by atoms with Crippen molar-refractivity contribution in [2.24, 2.45) is 0 Å². The Morgan fingerprint density at radius 1 is 1.67 bits per heavy atom. The summed E-state index contributed by atoms with van der Waals surface area (Å²) in [6.07, 6.45) is 1.85. The lowest BCUT2D eigenvalue weighted by atomic mass is 10.2. The third-order valence-electron chi connectivity index (χ3n) is 1.90. The van der Waals surface area contributed by atoms with Crippen molar-refractivity contribution in [3.05, 3.63) is 17.8 Å². The number of nitrogens with one attached hydrogen (secondary N) is 1. The second kappa shape index (κ2) is 5.26. The Morgan fingerprint density at radius 3 is 3.00 bits per heavy atom. The van der Waals surface area contributed by atoms with E-state index in [9.17, 15) is 4.79 Å². The number of anilines is 1. The fraction of sp³-hybridized carbons (Fsp3) is 0.444. The molecule has 0 aliphatic heterocycles. The van der Waals surface area contributed by atoms with Crippen molar-refractivity contribution in [3.63, 3.8) is 0 Å². The molecule has 1 heterocycles. The summed E-state index contributed by atoms with van der Waals surface area (Å²) in [6.45, 7) is 1.87.